The van der Waals surface area contributed by atoms with Crippen LogP contribution in [0, 0.1) is 0 Å². The molecule has 2 aliphatic heterocycles. The summed E-state index contributed by atoms with van der Waals surface area (Å²) in [6, 6.07) is 8.35. The average molecular weight is 435 g/mol. The fourth-order valence-corrected chi connectivity index (χ4v) is 5.78. The molecule has 30 heavy (non-hydrogen) atoms. The van der Waals surface area contributed by atoms with Gasteiger partial charge >= 0.3 is 0 Å². The number of ether oxygens (including phenoxy) is 1. The summed E-state index contributed by atoms with van der Waals surface area (Å²) in [6.07, 6.45) is 1.67. The standard InChI is InChI=1S/C21H30N4O4S/c1-23(10-11-24-12-14-29-15-13-24)18-6-8-25(9-7-18)30(27,28)19-3-4-20-17(16-19)2-5-21(26)22-20/h2-5,16,18H,6-15H2,1H3,(H,22,26). The summed E-state index contributed by atoms with van der Waals surface area (Å²) in [7, 11) is -1.40. The molecule has 3 heterocycles. The van der Waals surface area contributed by atoms with Gasteiger partial charge in [0.2, 0.25) is 15.6 Å². The molecule has 164 valence electrons. The van der Waals surface area contributed by atoms with Gasteiger partial charge in [0.15, 0.2) is 0 Å². The van der Waals surface area contributed by atoms with Gasteiger partial charge < -0.3 is 14.6 Å². The minimum absolute atomic E-state index is 0.196. The van der Waals surface area contributed by atoms with E-state index in [0.29, 0.717) is 30.0 Å². The van der Waals surface area contributed by atoms with Crippen LogP contribution in [0.4, 0.5) is 0 Å². The lowest BCUT2D eigenvalue weighted by Gasteiger charge is -2.37. The summed E-state index contributed by atoms with van der Waals surface area (Å²) in [5.41, 5.74) is 0.444. The second-order valence-electron chi connectivity index (χ2n) is 8.14. The van der Waals surface area contributed by atoms with Crippen molar-refractivity contribution in [2.75, 3.05) is 59.5 Å². The molecular formula is C21H30N4O4S. The van der Waals surface area contributed by atoms with E-state index in [-0.39, 0.29) is 10.5 Å². The van der Waals surface area contributed by atoms with Crippen LogP contribution in [-0.4, -0.2) is 93.1 Å². The molecular weight excluding hydrogens is 404 g/mol. The molecule has 0 saturated carbocycles. The Balaban J connectivity index is 1.35. The maximum atomic E-state index is 13.1. The van der Waals surface area contributed by atoms with E-state index in [4.69, 9.17) is 4.74 Å². The van der Waals surface area contributed by atoms with Crippen molar-refractivity contribution in [1.82, 2.24) is 19.1 Å². The van der Waals surface area contributed by atoms with Crippen molar-refractivity contribution >= 4 is 20.9 Å². The average Bonchev–Trinajstić information content (AvgIpc) is 2.77. The predicted octanol–water partition coefficient (Wildman–Crippen LogP) is 0.945. The number of fused-ring (bicyclic) bond motifs is 1. The Morgan fingerprint density at radius 3 is 2.57 bits per heavy atom. The molecule has 2 aliphatic rings. The minimum atomic E-state index is -3.54. The van der Waals surface area contributed by atoms with Crippen LogP contribution in [0.2, 0.25) is 0 Å². The van der Waals surface area contributed by atoms with Gasteiger partial charge in [-0.2, -0.15) is 4.31 Å². The lowest BCUT2D eigenvalue weighted by atomic mass is 10.1. The van der Waals surface area contributed by atoms with Crippen LogP contribution < -0.4 is 5.56 Å². The molecule has 0 spiro atoms. The lowest BCUT2D eigenvalue weighted by molar-refractivity contribution is 0.0312. The SMILES string of the molecule is CN(CCN1CCOCC1)C1CCN(S(=O)(=O)c2ccc3[nH]c(=O)ccc3c2)CC1. The Morgan fingerprint density at radius 1 is 1.10 bits per heavy atom. The zero-order chi connectivity index (χ0) is 21.1. The zero-order valence-corrected chi connectivity index (χ0v) is 18.2. The fraction of sp³-hybridized carbons (Fsp3) is 0.571. The van der Waals surface area contributed by atoms with Gasteiger partial charge in [0, 0.05) is 56.9 Å². The highest BCUT2D eigenvalue weighted by molar-refractivity contribution is 7.89. The molecule has 9 heteroatoms. The number of rotatable bonds is 6. The third-order valence-corrected chi connectivity index (χ3v) is 8.15. The molecule has 0 radical (unpaired) electrons. The van der Waals surface area contributed by atoms with Gasteiger partial charge in [-0.25, -0.2) is 8.42 Å². The van der Waals surface area contributed by atoms with Gasteiger partial charge in [0.1, 0.15) is 0 Å². The van der Waals surface area contributed by atoms with Gasteiger partial charge in [-0.15, -0.1) is 0 Å². The number of piperidine rings is 1. The van der Waals surface area contributed by atoms with E-state index in [9.17, 15) is 13.2 Å². The zero-order valence-electron chi connectivity index (χ0n) is 17.4. The Kier molecular flexibility index (Phi) is 6.54. The molecule has 0 atom stereocenters. The molecule has 2 saturated heterocycles. The second kappa shape index (κ2) is 9.15. The number of H-pyrrole nitrogens is 1. The van der Waals surface area contributed by atoms with Gasteiger partial charge in [0.05, 0.1) is 18.1 Å². The normalized spacial score (nSPS) is 20.2. The van der Waals surface area contributed by atoms with Gasteiger partial charge in [-0.3, -0.25) is 9.69 Å². The van der Waals surface area contributed by atoms with Crippen LogP contribution in [0.1, 0.15) is 12.8 Å². The predicted molar refractivity (Wildman–Crippen MR) is 116 cm³/mol. The highest BCUT2D eigenvalue weighted by atomic mass is 32.2. The van der Waals surface area contributed by atoms with E-state index < -0.39 is 10.0 Å². The summed E-state index contributed by atoms with van der Waals surface area (Å²) in [5, 5.41) is 0.716. The van der Waals surface area contributed by atoms with E-state index in [1.807, 2.05) is 0 Å². The third-order valence-electron chi connectivity index (χ3n) is 6.25. The quantitative estimate of drug-likeness (QED) is 0.729. The number of nitrogens with one attached hydrogen (secondary N) is 1. The van der Waals surface area contributed by atoms with Crippen LogP contribution >= 0.6 is 0 Å². The number of aromatic amines is 1. The van der Waals surface area contributed by atoms with Crippen molar-refractivity contribution in [2.45, 2.75) is 23.8 Å². The maximum absolute atomic E-state index is 13.1. The molecule has 2 aromatic rings. The van der Waals surface area contributed by atoms with E-state index in [1.165, 1.54) is 6.07 Å². The van der Waals surface area contributed by atoms with Gasteiger partial charge in [0.25, 0.3) is 0 Å². The summed E-state index contributed by atoms with van der Waals surface area (Å²) < 4.78 is 33.2. The van der Waals surface area contributed by atoms with Crippen molar-refractivity contribution in [2.24, 2.45) is 0 Å². The second-order valence-corrected chi connectivity index (χ2v) is 10.1. The van der Waals surface area contributed by atoms with Crippen LogP contribution in [-0.2, 0) is 14.8 Å². The number of aromatic nitrogens is 1. The van der Waals surface area contributed by atoms with Crippen LogP contribution in [0.15, 0.2) is 40.0 Å². The first-order valence-corrected chi connectivity index (χ1v) is 12.0. The molecule has 8 nitrogen and oxygen atoms in total. The van der Waals surface area contributed by atoms with Gasteiger partial charge in [-0.05, 0) is 49.5 Å². The highest BCUT2D eigenvalue weighted by Gasteiger charge is 2.31. The summed E-state index contributed by atoms with van der Waals surface area (Å²) in [6.45, 7) is 6.67. The number of morpholine rings is 1. The van der Waals surface area contributed by atoms with E-state index in [1.54, 1.807) is 28.6 Å². The number of nitrogens with zero attached hydrogens (tertiary/aromatic N) is 3. The van der Waals surface area contributed by atoms with E-state index in [0.717, 1.165) is 52.2 Å². The van der Waals surface area contributed by atoms with Crippen LogP contribution in [0.3, 0.4) is 0 Å². The van der Waals surface area contributed by atoms with Crippen molar-refractivity contribution in [3.8, 4) is 0 Å². The van der Waals surface area contributed by atoms with Crippen LogP contribution in [0.5, 0.6) is 0 Å². The van der Waals surface area contributed by atoms with Crippen molar-refractivity contribution in [3.63, 3.8) is 0 Å². The third kappa shape index (κ3) is 4.76. The summed E-state index contributed by atoms with van der Waals surface area (Å²) in [4.78, 5) is 19.2. The van der Waals surface area contributed by atoms with Crippen molar-refractivity contribution in [1.29, 1.82) is 0 Å². The number of pyridine rings is 1. The summed E-state index contributed by atoms with van der Waals surface area (Å²) in [5.74, 6) is 0. The Bertz CT molecular complexity index is 1020. The first kappa shape index (κ1) is 21.5. The first-order valence-electron chi connectivity index (χ1n) is 10.6. The topological polar surface area (TPSA) is 85.9 Å². The molecule has 0 bridgehead atoms. The Hall–Kier alpha value is -1.78. The van der Waals surface area contributed by atoms with Gasteiger partial charge in [-0.1, -0.05) is 0 Å². The van der Waals surface area contributed by atoms with Crippen molar-refractivity contribution in [3.05, 3.63) is 40.7 Å². The van der Waals surface area contributed by atoms with E-state index in [2.05, 4.69) is 21.8 Å². The number of hydrogen-bond donors (Lipinski definition) is 1. The number of likely N-dealkylation sites (N-methyl/N-ethyl adjacent to an activating group) is 1. The summed E-state index contributed by atoms with van der Waals surface area (Å²) >= 11 is 0. The lowest BCUT2D eigenvalue weighted by Crippen LogP contribution is -2.48. The minimum Gasteiger partial charge on any atom is -0.379 e. The largest absolute Gasteiger partial charge is 0.379 e. The molecule has 1 N–H and O–H groups in total. The number of hydrogen-bond acceptors (Lipinski definition) is 6. The molecule has 0 amide bonds. The van der Waals surface area contributed by atoms with E-state index >= 15 is 0 Å². The number of benzene rings is 1. The first-order chi connectivity index (χ1) is 14.4. The Labute approximate surface area is 177 Å². The molecule has 2 fully saturated rings. The molecule has 0 unspecified atom stereocenters. The molecule has 0 aliphatic carbocycles. The monoisotopic (exact) mass is 434 g/mol. The Morgan fingerprint density at radius 2 is 1.83 bits per heavy atom. The molecule has 4 rings (SSSR count). The fourth-order valence-electron chi connectivity index (χ4n) is 4.27. The molecule has 1 aromatic carbocycles. The highest BCUT2D eigenvalue weighted by Crippen LogP contribution is 2.24. The molecule has 1 aromatic heterocycles. The number of sulfonamides is 1. The van der Waals surface area contributed by atoms with Crippen molar-refractivity contribution < 1.29 is 13.2 Å². The maximum Gasteiger partial charge on any atom is 0.248 e. The smallest absolute Gasteiger partial charge is 0.248 e. The van der Waals surface area contributed by atoms with Crippen LogP contribution in [0.25, 0.3) is 10.9 Å².